The van der Waals surface area contributed by atoms with E-state index < -0.39 is 12.8 Å². The lowest BCUT2D eigenvalue weighted by molar-refractivity contribution is -0.153. The summed E-state index contributed by atoms with van der Waals surface area (Å²) in [5.74, 6) is -0.246. The van der Waals surface area contributed by atoms with Gasteiger partial charge in [-0.1, -0.05) is 12.1 Å². The van der Waals surface area contributed by atoms with Crippen molar-refractivity contribution in [3.05, 3.63) is 24.3 Å². The van der Waals surface area contributed by atoms with Crippen LogP contribution in [0.5, 0.6) is 5.75 Å². The molecule has 1 saturated carbocycles. The fourth-order valence-electron chi connectivity index (χ4n) is 1.75. The minimum Gasteiger partial charge on any atom is -0.482 e. The summed E-state index contributed by atoms with van der Waals surface area (Å²) in [5.41, 5.74) is 0.248. The van der Waals surface area contributed by atoms with Crippen LogP contribution in [0.1, 0.15) is 19.3 Å². The van der Waals surface area contributed by atoms with Crippen LogP contribution in [-0.4, -0.2) is 31.3 Å². The highest BCUT2D eigenvalue weighted by atomic mass is 19.4. The molecule has 2 rings (SSSR count). The molecule has 4 nitrogen and oxygen atoms in total. The average Bonchev–Trinajstić information content (AvgIpc) is 3.21. The number of halogens is 3. The quantitative estimate of drug-likeness (QED) is 0.814. The van der Waals surface area contributed by atoms with E-state index in [1.165, 1.54) is 12.1 Å². The number of nitrogens with one attached hydrogen (secondary N) is 2. The molecule has 0 saturated heterocycles. The molecule has 1 aromatic rings. The van der Waals surface area contributed by atoms with Crippen LogP contribution >= 0.6 is 0 Å². The van der Waals surface area contributed by atoms with Crippen molar-refractivity contribution < 1.29 is 22.7 Å². The first-order chi connectivity index (χ1) is 9.94. The number of benzene rings is 1. The summed E-state index contributed by atoms with van der Waals surface area (Å²) in [7, 11) is 0. The van der Waals surface area contributed by atoms with Gasteiger partial charge >= 0.3 is 6.18 Å². The molecule has 1 aliphatic rings. The van der Waals surface area contributed by atoms with Crippen molar-refractivity contribution in [2.75, 3.05) is 18.5 Å². The van der Waals surface area contributed by atoms with E-state index in [4.69, 9.17) is 4.74 Å². The lowest BCUT2D eigenvalue weighted by Crippen LogP contribution is -2.24. The van der Waals surface area contributed by atoms with Crippen molar-refractivity contribution in [1.82, 2.24) is 5.32 Å². The van der Waals surface area contributed by atoms with Crippen molar-refractivity contribution in [2.45, 2.75) is 31.5 Å². The Morgan fingerprint density at radius 2 is 2.00 bits per heavy atom. The van der Waals surface area contributed by atoms with Crippen molar-refractivity contribution in [2.24, 2.45) is 0 Å². The zero-order valence-electron chi connectivity index (χ0n) is 11.4. The third-order valence-electron chi connectivity index (χ3n) is 2.91. The monoisotopic (exact) mass is 302 g/mol. The maximum absolute atomic E-state index is 12.2. The van der Waals surface area contributed by atoms with Gasteiger partial charge in [-0.2, -0.15) is 13.2 Å². The Bertz CT molecular complexity index is 487. The fraction of sp³-hybridized carbons (Fsp3) is 0.500. The molecule has 0 bridgehead atoms. The number of ether oxygens (including phenoxy) is 1. The van der Waals surface area contributed by atoms with Gasteiger partial charge in [0.1, 0.15) is 5.75 Å². The summed E-state index contributed by atoms with van der Waals surface area (Å²) >= 11 is 0. The van der Waals surface area contributed by atoms with E-state index in [0.29, 0.717) is 12.6 Å². The molecule has 0 aromatic heterocycles. The van der Waals surface area contributed by atoms with E-state index in [2.05, 4.69) is 10.6 Å². The second-order valence-electron chi connectivity index (χ2n) is 4.93. The van der Waals surface area contributed by atoms with Crippen LogP contribution in [0.4, 0.5) is 18.9 Å². The van der Waals surface area contributed by atoms with Gasteiger partial charge in [-0.3, -0.25) is 4.79 Å². The molecular weight excluding hydrogens is 285 g/mol. The highest BCUT2D eigenvalue weighted by Gasteiger charge is 2.28. The van der Waals surface area contributed by atoms with Gasteiger partial charge in [0.25, 0.3) is 0 Å². The third-order valence-corrected chi connectivity index (χ3v) is 2.91. The lowest BCUT2D eigenvalue weighted by atomic mass is 10.2. The minimum absolute atomic E-state index is 0.0123. The number of carbonyl (C=O) groups is 1. The second kappa shape index (κ2) is 6.80. The van der Waals surface area contributed by atoms with E-state index >= 15 is 0 Å². The van der Waals surface area contributed by atoms with Gasteiger partial charge in [0.15, 0.2) is 6.61 Å². The third kappa shape index (κ3) is 6.03. The van der Waals surface area contributed by atoms with Gasteiger partial charge in [0, 0.05) is 19.0 Å². The van der Waals surface area contributed by atoms with Gasteiger partial charge < -0.3 is 15.4 Å². The first kappa shape index (κ1) is 15.6. The summed E-state index contributed by atoms with van der Waals surface area (Å²) in [5, 5.41) is 5.76. The van der Waals surface area contributed by atoms with Crippen LogP contribution < -0.4 is 15.4 Å². The second-order valence-corrected chi connectivity index (χ2v) is 4.93. The van der Waals surface area contributed by atoms with Crippen LogP contribution in [0, 0.1) is 0 Å². The molecule has 2 N–H and O–H groups in total. The summed E-state index contributed by atoms with van der Waals surface area (Å²) in [6, 6.07) is 6.59. The van der Waals surface area contributed by atoms with Crippen molar-refractivity contribution in [3.8, 4) is 5.75 Å². The Morgan fingerprint density at radius 1 is 1.29 bits per heavy atom. The highest BCUT2D eigenvalue weighted by Crippen LogP contribution is 2.26. The van der Waals surface area contributed by atoms with Crippen molar-refractivity contribution in [3.63, 3.8) is 0 Å². The van der Waals surface area contributed by atoms with Crippen LogP contribution in [0.3, 0.4) is 0 Å². The van der Waals surface area contributed by atoms with E-state index in [9.17, 15) is 18.0 Å². The first-order valence-electron chi connectivity index (χ1n) is 6.76. The zero-order valence-corrected chi connectivity index (χ0v) is 11.4. The van der Waals surface area contributed by atoms with Gasteiger partial charge in [0.2, 0.25) is 5.91 Å². The molecule has 1 amide bonds. The van der Waals surface area contributed by atoms with E-state index in [0.717, 1.165) is 12.8 Å². The van der Waals surface area contributed by atoms with E-state index in [1.54, 1.807) is 12.1 Å². The number of hydrogen-bond acceptors (Lipinski definition) is 3. The van der Waals surface area contributed by atoms with E-state index in [-0.39, 0.29) is 23.8 Å². The smallest absolute Gasteiger partial charge is 0.422 e. The molecule has 0 spiro atoms. The highest BCUT2D eigenvalue weighted by molar-refractivity contribution is 5.92. The maximum Gasteiger partial charge on any atom is 0.422 e. The van der Waals surface area contributed by atoms with Crippen LogP contribution in [0.2, 0.25) is 0 Å². The summed E-state index contributed by atoms with van der Waals surface area (Å²) in [6.45, 7) is -0.828. The number of rotatable bonds is 7. The molecule has 1 fully saturated rings. The molecule has 7 heteroatoms. The summed E-state index contributed by atoms with van der Waals surface area (Å²) < 4.78 is 41.2. The van der Waals surface area contributed by atoms with Crippen LogP contribution in [0.15, 0.2) is 24.3 Å². The predicted molar refractivity (Wildman–Crippen MR) is 72.3 cm³/mol. The Labute approximate surface area is 120 Å². The van der Waals surface area contributed by atoms with Crippen LogP contribution in [-0.2, 0) is 4.79 Å². The zero-order chi connectivity index (χ0) is 15.3. The molecule has 1 aromatic carbocycles. The Balaban J connectivity index is 1.84. The predicted octanol–water partition coefficient (Wildman–Crippen LogP) is 2.71. The van der Waals surface area contributed by atoms with Crippen molar-refractivity contribution >= 4 is 11.6 Å². The normalized spacial score (nSPS) is 14.8. The number of anilines is 1. The number of alkyl halides is 3. The van der Waals surface area contributed by atoms with Gasteiger partial charge in [-0.05, 0) is 25.0 Å². The minimum atomic E-state index is -4.41. The van der Waals surface area contributed by atoms with Crippen LogP contribution in [0.25, 0.3) is 0 Å². The number of amides is 1. The molecule has 0 atom stereocenters. The molecule has 0 unspecified atom stereocenters. The summed E-state index contributed by atoms with van der Waals surface area (Å²) in [4.78, 5) is 11.7. The molecule has 21 heavy (non-hydrogen) atoms. The summed E-state index contributed by atoms with van der Waals surface area (Å²) in [6.07, 6.45) is -1.87. The van der Waals surface area contributed by atoms with E-state index in [1.807, 2.05) is 0 Å². The lowest BCUT2D eigenvalue weighted by Gasteiger charge is -2.13. The van der Waals surface area contributed by atoms with Gasteiger partial charge in [0.05, 0.1) is 5.69 Å². The average molecular weight is 302 g/mol. The molecule has 1 aliphatic carbocycles. The Kier molecular flexibility index (Phi) is 5.06. The van der Waals surface area contributed by atoms with Crippen molar-refractivity contribution in [1.29, 1.82) is 0 Å². The SMILES string of the molecule is O=C(CCNC1CC1)Nc1ccccc1OCC(F)(F)F. The maximum atomic E-state index is 12.2. The topological polar surface area (TPSA) is 50.4 Å². The number of carbonyl (C=O) groups excluding carboxylic acids is 1. The first-order valence-corrected chi connectivity index (χ1v) is 6.76. The Hall–Kier alpha value is -1.76. The molecule has 116 valence electrons. The largest absolute Gasteiger partial charge is 0.482 e. The molecule has 0 heterocycles. The molecule has 0 aliphatic heterocycles. The van der Waals surface area contributed by atoms with Gasteiger partial charge in [-0.15, -0.1) is 0 Å². The van der Waals surface area contributed by atoms with Gasteiger partial charge in [-0.25, -0.2) is 0 Å². The molecule has 0 radical (unpaired) electrons. The number of hydrogen-bond donors (Lipinski definition) is 2. The number of para-hydroxylation sites is 2. The fourth-order valence-corrected chi connectivity index (χ4v) is 1.75. The standard InChI is InChI=1S/C14H17F3N2O2/c15-14(16,17)9-21-12-4-2-1-3-11(12)19-13(20)7-8-18-10-5-6-10/h1-4,10,18H,5-9H2,(H,19,20). The molecular formula is C14H17F3N2O2. The Morgan fingerprint density at radius 3 is 2.67 bits per heavy atom.